The third-order valence-corrected chi connectivity index (χ3v) is 5.54. The van der Waals surface area contributed by atoms with Crippen LogP contribution in [0.4, 0.5) is 5.69 Å². The predicted molar refractivity (Wildman–Crippen MR) is 102 cm³/mol. The van der Waals surface area contributed by atoms with Crippen LogP contribution in [0.5, 0.6) is 5.75 Å². The van der Waals surface area contributed by atoms with Crippen molar-refractivity contribution in [3.63, 3.8) is 0 Å². The minimum absolute atomic E-state index is 0.0419. The zero-order valence-corrected chi connectivity index (χ0v) is 16.3. The number of nitrogens with one attached hydrogen (secondary N) is 1. The lowest BCUT2D eigenvalue weighted by Crippen LogP contribution is -2.34. The van der Waals surface area contributed by atoms with Crippen LogP contribution < -0.4 is 14.4 Å². The first-order chi connectivity index (χ1) is 12.2. The maximum Gasteiger partial charge on any atom is 0.264 e. The molecule has 0 aliphatic heterocycles. The van der Waals surface area contributed by atoms with Gasteiger partial charge in [-0.1, -0.05) is 11.6 Å². The molecule has 1 amide bonds. The van der Waals surface area contributed by atoms with Crippen LogP contribution in [0.3, 0.4) is 0 Å². The van der Waals surface area contributed by atoms with E-state index in [4.69, 9.17) is 16.3 Å². The van der Waals surface area contributed by atoms with Crippen LogP contribution in [0, 0.1) is 0 Å². The van der Waals surface area contributed by atoms with E-state index in [-0.39, 0.29) is 23.5 Å². The number of carbonyl (C=O) groups excluding carboxylic acids is 1. The molecule has 2 aromatic rings. The summed E-state index contributed by atoms with van der Waals surface area (Å²) in [7, 11) is -2.22. The Morgan fingerprint density at radius 1 is 1.12 bits per heavy atom. The van der Waals surface area contributed by atoms with Crippen LogP contribution in [-0.2, 0) is 14.8 Å². The molecule has 0 heterocycles. The molecule has 0 spiro atoms. The number of benzene rings is 2. The summed E-state index contributed by atoms with van der Waals surface area (Å²) >= 11 is 5.80. The highest BCUT2D eigenvalue weighted by atomic mass is 35.5. The molecule has 0 saturated carbocycles. The first-order valence-corrected chi connectivity index (χ1v) is 9.78. The van der Waals surface area contributed by atoms with Gasteiger partial charge >= 0.3 is 0 Å². The van der Waals surface area contributed by atoms with Crippen molar-refractivity contribution in [3.05, 3.63) is 53.6 Å². The van der Waals surface area contributed by atoms with Crippen molar-refractivity contribution in [1.82, 2.24) is 5.32 Å². The van der Waals surface area contributed by atoms with Crippen molar-refractivity contribution >= 4 is 33.2 Å². The van der Waals surface area contributed by atoms with Gasteiger partial charge in [0.2, 0.25) is 0 Å². The third-order valence-electron chi connectivity index (χ3n) is 3.49. The summed E-state index contributed by atoms with van der Waals surface area (Å²) in [6, 6.07) is 12.5. The summed E-state index contributed by atoms with van der Waals surface area (Å²) in [5, 5.41) is 3.19. The van der Waals surface area contributed by atoms with E-state index < -0.39 is 10.0 Å². The van der Waals surface area contributed by atoms with E-state index in [9.17, 15) is 13.2 Å². The Morgan fingerprint density at radius 3 is 2.23 bits per heavy atom. The number of amides is 1. The summed E-state index contributed by atoms with van der Waals surface area (Å²) in [4.78, 5) is 11.7. The fourth-order valence-electron chi connectivity index (χ4n) is 2.17. The van der Waals surface area contributed by atoms with Crippen LogP contribution in [0.15, 0.2) is 53.4 Å². The molecule has 8 heteroatoms. The molecule has 6 nitrogen and oxygen atoms in total. The van der Waals surface area contributed by atoms with Crippen molar-refractivity contribution in [1.29, 1.82) is 0 Å². The number of hydrogen-bond donors (Lipinski definition) is 1. The van der Waals surface area contributed by atoms with Gasteiger partial charge in [0.1, 0.15) is 5.75 Å². The summed E-state index contributed by atoms with van der Waals surface area (Å²) in [5.41, 5.74) is 0.471. The van der Waals surface area contributed by atoms with Crippen LogP contribution in [0.1, 0.15) is 13.8 Å². The standard InChI is InChI=1S/C18H21ClN2O4S/c1-13(2)20-18(22)12-25-16-8-6-15(7-9-16)21(3)26(23,24)17-10-4-14(19)5-11-17/h4-11,13H,12H2,1-3H3,(H,20,22). The number of halogens is 1. The molecule has 0 aromatic heterocycles. The van der Waals surface area contributed by atoms with Gasteiger partial charge in [-0.05, 0) is 62.4 Å². The van der Waals surface area contributed by atoms with Gasteiger partial charge in [-0.15, -0.1) is 0 Å². The normalized spacial score (nSPS) is 11.3. The largest absolute Gasteiger partial charge is 0.484 e. The number of carbonyl (C=O) groups is 1. The molecule has 0 aliphatic carbocycles. The monoisotopic (exact) mass is 396 g/mol. The Kier molecular flexibility index (Phi) is 6.50. The van der Waals surface area contributed by atoms with Gasteiger partial charge in [-0.25, -0.2) is 8.42 Å². The number of rotatable bonds is 7. The highest BCUT2D eigenvalue weighted by Crippen LogP contribution is 2.25. The first kappa shape index (κ1) is 20.1. The maximum atomic E-state index is 12.6. The fraction of sp³-hybridized carbons (Fsp3) is 0.278. The minimum atomic E-state index is -3.69. The number of hydrogen-bond acceptors (Lipinski definition) is 4. The molecule has 0 radical (unpaired) electrons. The van der Waals surface area contributed by atoms with Crippen molar-refractivity contribution in [3.8, 4) is 5.75 Å². The van der Waals surface area contributed by atoms with E-state index in [2.05, 4.69) is 5.32 Å². The molecule has 0 atom stereocenters. The molecule has 1 N–H and O–H groups in total. The Balaban J connectivity index is 2.07. The second kappa shape index (κ2) is 8.42. The van der Waals surface area contributed by atoms with E-state index in [0.29, 0.717) is 16.5 Å². The van der Waals surface area contributed by atoms with Gasteiger partial charge in [-0.2, -0.15) is 0 Å². The van der Waals surface area contributed by atoms with Gasteiger partial charge in [0.05, 0.1) is 10.6 Å². The summed E-state index contributed by atoms with van der Waals surface area (Å²) in [6.45, 7) is 3.63. The number of ether oxygens (including phenoxy) is 1. The van der Waals surface area contributed by atoms with E-state index >= 15 is 0 Å². The average Bonchev–Trinajstić information content (AvgIpc) is 2.59. The van der Waals surface area contributed by atoms with E-state index in [1.807, 2.05) is 13.8 Å². The fourth-order valence-corrected chi connectivity index (χ4v) is 3.49. The highest BCUT2D eigenvalue weighted by Gasteiger charge is 2.21. The van der Waals surface area contributed by atoms with Crippen molar-refractivity contribution in [2.45, 2.75) is 24.8 Å². The Morgan fingerprint density at radius 2 is 1.69 bits per heavy atom. The van der Waals surface area contributed by atoms with Crippen LogP contribution >= 0.6 is 11.6 Å². The summed E-state index contributed by atoms with van der Waals surface area (Å²) < 4.78 is 31.9. The number of sulfonamides is 1. The van der Waals surface area contributed by atoms with E-state index in [0.717, 1.165) is 0 Å². The van der Waals surface area contributed by atoms with Crippen LogP contribution in [0.2, 0.25) is 5.02 Å². The number of anilines is 1. The molecule has 140 valence electrons. The Bertz CT molecular complexity index is 850. The molecule has 0 aliphatic rings. The lowest BCUT2D eigenvalue weighted by Gasteiger charge is -2.20. The molecule has 0 saturated heterocycles. The van der Waals surface area contributed by atoms with Gasteiger partial charge in [0, 0.05) is 18.1 Å². The predicted octanol–water partition coefficient (Wildman–Crippen LogP) is 3.07. The van der Waals surface area contributed by atoms with Crippen LogP contribution in [-0.4, -0.2) is 34.0 Å². The highest BCUT2D eigenvalue weighted by molar-refractivity contribution is 7.92. The lowest BCUT2D eigenvalue weighted by atomic mass is 10.3. The third kappa shape index (κ3) is 5.12. The molecule has 0 fully saturated rings. The minimum Gasteiger partial charge on any atom is -0.484 e. The lowest BCUT2D eigenvalue weighted by molar-refractivity contribution is -0.123. The second-order valence-corrected chi connectivity index (χ2v) is 8.34. The van der Waals surface area contributed by atoms with Gasteiger partial charge < -0.3 is 10.1 Å². The molecule has 0 unspecified atom stereocenters. The molecular weight excluding hydrogens is 376 g/mol. The molecular formula is C18H21ClN2O4S. The zero-order valence-electron chi connectivity index (χ0n) is 14.8. The molecule has 0 bridgehead atoms. The second-order valence-electron chi connectivity index (χ2n) is 5.93. The number of nitrogens with zero attached hydrogens (tertiary/aromatic N) is 1. The maximum absolute atomic E-state index is 12.6. The summed E-state index contributed by atoms with van der Waals surface area (Å²) in [5.74, 6) is 0.261. The smallest absolute Gasteiger partial charge is 0.264 e. The first-order valence-electron chi connectivity index (χ1n) is 7.97. The molecule has 2 aromatic carbocycles. The van der Waals surface area contributed by atoms with Crippen molar-refractivity contribution in [2.24, 2.45) is 0 Å². The SMILES string of the molecule is CC(C)NC(=O)COc1ccc(N(C)S(=O)(=O)c2ccc(Cl)cc2)cc1. The van der Waals surface area contributed by atoms with Crippen molar-refractivity contribution in [2.75, 3.05) is 18.0 Å². The average molecular weight is 397 g/mol. The van der Waals surface area contributed by atoms with E-state index in [1.165, 1.54) is 35.6 Å². The van der Waals surface area contributed by atoms with Gasteiger partial charge in [-0.3, -0.25) is 9.10 Å². The van der Waals surface area contributed by atoms with Crippen molar-refractivity contribution < 1.29 is 17.9 Å². The van der Waals surface area contributed by atoms with E-state index in [1.54, 1.807) is 24.3 Å². The molecule has 2 rings (SSSR count). The Hall–Kier alpha value is -2.25. The Labute approximate surface area is 158 Å². The van der Waals surface area contributed by atoms with Gasteiger partial charge in [0.25, 0.3) is 15.9 Å². The summed E-state index contributed by atoms with van der Waals surface area (Å²) in [6.07, 6.45) is 0. The topological polar surface area (TPSA) is 75.7 Å². The zero-order chi connectivity index (χ0) is 19.3. The quantitative estimate of drug-likeness (QED) is 0.780. The molecule has 26 heavy (non-hydrogen) atoms. The van der Waals surface area contributed by atoms with Gasteiger partial charge in [0.15, 0.2) is 6.61 Å². The van der Waals surface area contributed by atoms with Crippen LogP contribution in [0.25, 0.3) is 0 Å².